The Morgan fingerprint density at radius 3 is 2.34 bits per heavy atom. The molecule has 2 fully saturated rings. The van der Waals surface area contributed by atoms with Crippen molar-refractivity contribution in [2.24, 2.45) is 5.92 Å². The van der Waals surface area contributed by atoms with Crippen molar-refractivity contribution in [2.75, 3.05) is 26.2 Å². The molecule has 1 aliphatic carbocycles. The maximum absolute atomic E-state index is 12.7. The Labute approximate surface area is 177 Å². The first-order valence-electron chi connectivity index (χ1n) is 10.3. The van der Waals surface area contributed by atoms with Gasteiger partial charge < -0.3 is 10.6 Å². The molecule has 2 amide bonds. The Kier molecular flexibility index (Phi) is 7.54. The molecule has 3 rings (SSSR count). The van der Waals surface area contributed by atoms with Crippen LogP contribution in [0.1, 0.15) is 55.3 Å². The summed E-state index contributed by atoms with van der Waals surface area (Å²) < 4.78 is 26.8. The van der Waals surface area contributed by atoms with E-state index in [1.54, 1.807) is 0 Å². The number of rotatable bonds is 7. The van der Waals surface area contributed by atoms with E-state index in [1.807, 2.05) is 0 Å². The quantitative estimate of drug-likeness (QED) is 0.635. The van der Waals surface area contributed by atoms with Gasteiger partial charge in [-0.05, 0) is 43.9 Å². The molecule has 1 aromatic carbocycles. The van der Waals surface area contributed by atoms with Crippen molar-refractivity contribution in [3.8, 4) is 0 Å². The van der Waals surface area contributed by atoms with Crippen LogP contribution in [0.25, 0.3) is 0 Å². The van der Waals surface area contributed by atoms with Crippen LogP contribution in [0, 0.1) is 5.92 Å². The minimum absolute atomic E-state index is 0.0377. The number of nitrogens with zero attached hydrogens (tertiary/aromatic N) is 1. The Morgan fingerprint density at radius 2 is 1.66 bits per heavy atom. The molecule has 2 aliphatic rings. The van der Waals surface area contributed by atoms with Crippen LogP contribution >= 0.6 is 11.6 Å². The first-order chi connectivity index (χ1) is 13.9. The Hall–Kier alpha value is -1.64. The molecule has 1 saturated heterocycles. The van der Waals surface area contributed by atoms with E-state index in [9.17, 15) is 18.0 Å². The number of carbonyl (C=O) groups is 2. The van der Waals surface area contributed by atoms with Gasteiger partial charge in [0, 0.05) is 32.1 Å². The zero-order chi connectivity index (χ0) is 20.9. The van der Waals surface area contributed by atoms with Crippen LogP contribution in [-0.4, -0.2) is 50.7 Å². The van der Waals surface area contributed by atoms with E-state index in [0.29, 0.717) is 19.6 Å². The lowest BCUT2D eigenvalue weighted by molar-refractivity contribution is -0.125. The highest BCUT2D eigenvalue weighted by Crippen LogP contribution is 2.25. The smallest absolute Gasteiger partial charge is 0.252 e. The SMILES string of the molecule is O=C(NCCNC(=O)C1CCCCC1)c1cc(S(=O)(=O)N2CCCC2)ccc1Cl. The van der Waals surface area contributed by atoms with Crippen LogP contribution in [-0.2, 0) is 14.8 Å². The van der Waals surface area contributed by atoms with E-state index in [4.69, 9.17) is 11.6 Å². The van der Waals surface area contributed by atoms with Crippen LogP contribution in [0.15, 0.2) is 23.1 Å². The summed E-state index contributed by atoms with van der Waals surface area (Å²) in [5.41, 5.74) is 0.116. The van der Waals surface area contributed by atoms with Gasteiger partial charge in [0.25, 0.3) is 5.91 Å². The summed E-state index contributed by atoms with van der Waals surface area (Å²) in [5, 5.41) is 5.75. The van der Waals surface area contributed by atoms with Crippen LogP contribution in [0.2, 0.25) is 5.02 Å². The molecular formula is C20H28ClN3O4S. The molecule has 0 radical (unpaired) electrons. The molecule has 0 spiro atoms. The van der Waals surface area contributed by atoms with Gasteiger partial charge in [-0.2, -0.15) is 4.31 Å². The molecule has 1 aliphatic heterocycles. The number of sulfonamides is 1. The third-order valence-electron chi connectivity index (χ3n) is 5.57. The highest BCUT2D eigenvalue weighted by atomic mass is 35.5. The van der Waals surface area contributed by atoms with Gasteiger partial charge in [-0.3, -0.25) is 9.59 Å². The summed E-state index contributed by atoms with van der Waals surface area (Å²) >= 11 is 6.13. The predicted octanol–water partition coefficient (Wildman–Crippen LogP) is 2.55. The molecular weight excluding hydrogens is 414 g/mol. The van der Waals surface area contributed by atoms with Gasteiger partial charge in [0.15, 0.2) is 0 Å². The molecule has 0 unspecified atom stereocenters. The fourth-order valence-corrected chi connectivity index (χ4v) is 5.63. The molecule has 2 N–H and O–H groups in total. The summed E-state index contributed by atoms with van der Waals surface area (Å²) in [7, 11) is -3.62. The van der Waals surface area contributed by atoms with Crippen LogP contribution in [0.3, 0.4) is 0 Å². The normalized spacial score (nSPS) is 18.5. The van der Waals surface area contributed by atoms with Crippen molar-refractivity contribution in [2.45, 2.75) is 49.8 Å². The number of hydrogen-bond acceptors (Lipinski definition) is 4. The summed E-state index contributed by atoms with van der Waals surface area (Å²) in [5.74, 6) is -0.350. The van der Waals surface area contributed by atoms with E-state index < -0.39 is 15.9 Å². The number of amides is 2. The van der Waals surface area contributed by atoms with Crippen molar-refractivity contribution in [3.05, 3.63) is 28.8 Å². The van der Waals surface area contributed by atoms with Gasteiger partial charge in [0.2, 0.25) is 15.9 Å². The van der Waals surface area contributed by atoms with Crippen molar-refractivity contribution >= 4 is 33.4 Å². The second kappa shape index (κ2) is 9.91. The molecule has 9 heteroatoms. The Balaban J connectivity index is 1.55. The minimum atomic E-state index is -3.62. The van der Waals surface area contributed by atoms with E-state index in [2.05, 4.69) is 10.6 Å². The van der Waals surface area contributed by atoms with Crippen molar-refractivity contribution in [1.29, 1.82) is 0 Å². The highest BCUT2D eigenvalue weighted by Gasteiger charge is 2.28. The maximum atomic E-state index is 12.7. The maximum Gasteiger partial charge on any atom is 0.252 e. The van der Waals surface area contributed by atoms with Crippen LogP contribution in [0.4, 0.5) is 0 Å². The molecule has 1 heterocycles. The van der Waals surface area contributed by atoms with Crippen LogP contribution in [0.5, 0.6) is 0 Å². The van der Waals surface area contributed by atoms with Gasteiger partial charge in [-0.15, -0.1) is 0 Å². The molecule has 1 aromatic rings. The minimum Gasteiger partial charge on any atom is -0.354 e. The van der Waals surface area contributed by atoms with Gasteiger partial charge in [0.05, 0.1) is 15.5 Å². The molecule has 29 heavy (non-hydrogen) atoms. The largest absolute Gasteiger partial charge is 0.354 e. The number of nitrogens with one attached hydrogen (secondary N) is 2. The second-order valence-corrected chi connectivity index (χ2v) is 9.98. The van der Waals surface area contributed by atoms with Gasteiger partial charge in [-0.25, -0.2) is 8.42 Å². The van der Waals surface area contributed by atoms with E-state index >= 15 is 0 Å². The second-order valence-electron chi connectivity index (χ2n) is 7.63. The van der Waals surface area contributed by atoms with Gasteiger partial charge in [0.1, 0.15) is 0 Å². The molecule has 7 nitrogen and oxygen atoms in total. The zero-order valence-corrected chi connectivity index (χ0v) is 18.0. The monoisotopic (exact) mass is 441 g/mol. The predicted molar refractivity (Wildman–Crippen MR) is 111 cm³/mol. The molecule has 0 bridgehead atoms. The van der Waals surface area contributed by atoms with E-state index in [1.165, 1.54) is 28.9 Å². The molecule has 0 aromatic heterocycles. The van der Waals surface area contributed by atoms with Gasteiger partial charge in [-0.1, -0.05) is 30.9 Å². The topological polar surface area (TPSA) is 95.6 Å². The third-order valence-corrected chi connectivity index (χ3v) is 7.80. The molecule has 0 atom stereocenters. The lowest BCUT2D eigenvalue weighted by Gasteiger charge is -2.20. The molecule has 1 saturated carbocycles. The first kappa shape index (κ1) is 22.1. The summed E-state index contributed by atoms with van der Waals surface area (Å²) in [6, 6.07) is 4.19. The summed E-state index contributed by atoms with van der Waals surface area (Å²) in [4.78, 5) is 24.7. The fourth-order valence-electron chi connectivity index (χ4n) is 3.88. The molecule has 160 valence electrons. The van der Waals surface area contributed by atoms with Crippen molar-refractivity contribution < 1.29 is 18.0 Å². The first-order valence-corrected chi connectivity index (χ1v) is 12.1. The average molecular weight is 442 g/mol. The van der Waals surface area contributed by atoms with Crippen LogP contribution < -0.4 is 10.6 Å². The van der Waals surface area contributed by atoms with Crippen molar-refractivity contribution in [3.63, 3.8) is 0 Å². The highest BCUT2D eigenvalue weighted by molar-refractivity contribution is 7.89. The number of halogens is 1. The summed E-state index contributed by atoms with van der Waals surface area (Å²) in [6.07, 6.45) is 6.89. The lowest BCUT2D eigenvalue weighted by Crippen LogP contribution is -2.38. The average Bonchev–Trinajstić information content (AvgIpc) is 3.27. The number of carbonyl (C=O) groups excluding carboxylic acids is 2. The number of hydrogen-bond donors (Lipinski definition) is 2. The Morgan fingerprint density at radius 1 is 1.00 bits per heavy atom. The summed E-state index contributed by atoms with van der Waals surface area (Å²) in [6.45, 7) is 1.56. The standard InChI is InChI=1S/C20H28ClN3O4S/c21-18-9-8-16(29(27,28)24-12-4-5-13-24)14-17(18)20(26)23-11-10-22-19(25)15-6-2-1-3-7-15/h8-9,14-15H,1-7,10-13H2,(H,22,25)(H,23,26). The Bertz CT molecular complexity index is 847. The fraction of sp³-hybridized carbons (Fsp3) is 0.600. The third kappa shape index (κ3) is 5.49. The zero-order valence-electron chi connectivity index (χ0n) is 16.5. The number of benzene rings is 1. The lowest BCUT2D eigenvalue weighted by atomic mass is 9.89. The van der Waals surface area contributed by atoms with Gasteiger partial charge >= 0.3 is 0 Å². The van der Waals surface area contributed by atoms with E-state index in [-0.39, 0.29) is 33.9 Å². The van der Waals surface area contributed by atoms with Crippen molar-refractivity contribution in [1.82, 2.24) is 14.9 Å². The van der Waals surface area contributed by atoms with E-state index in [0.717, 1.165) is 38.5 Å².